The number of alkyl halides is 2. The van der Waals surface area contributed by atoms with E-state index in [9.17, 15) is 18.4 Å². The highest BCUT2D eigenvalue weighted by Gasteiger charge is 2.30. The summed E-state index contributed by atoms with van der Waals surface area (Å²) in [5.74, 6) is -0.783. The molecule has 18 heavy (non-hydrogen) atoms. The minimum atomic E-state index is -2.97. The number of benzene rings is 1. The van der Waals surface area contributed by atoms with Gasteiger partial charge in [0.15, 0.2) is 5.78 Å². The molecule has 1 fully saturated rings. The third kappa shape index (κ3) is 2.72. The third-order valence-electron chi connectivity index (χ3n) is 2.99. The van der Waals surface area contributed by atoms with Crippen molar-refractivity contribution in [1.29, 1.82) is 0 Å². The van der Waals surface area contributed by atoms with Crippen molar-refractivity contribution in [3.8, 4) is 5.75 Å². The maximum absolute atomic E-state index is 12.2. The van der Waals surface area contributed by atoms with E-state index in [1.165, 1.54) is 18.2 Å². The summed E-state index contributed by atoms with van der Waals surface area (Å²) >= 11 is 0. The standard InChI is InChI=1S/C13H12F2O3/c14-13(15)18-11-4-2-1-3-10(11)12(17)8-5-6-9(16)7-8/h1-4,8,13H,5-7H2. The first-order valence-corrected chi connectivity index (χ1v) is 5.67. The Morgan fingerprint density at radius 3 is 2.67 bits per heavy atom. The lowest BCUT2D eigenvalue weighted by molar-refractivity contribution is -0.117. The summed E-state index contributed by atoms with van der Waals surface area (Å²) in [6, 6.07) is 5.88. The predicted octanol–water partition coefficient (Wildman–Crippen LogP) is 2.84. The summed E-state index contributed by atoms with van der Waals surface area (Å²) in [5, 5.41) is 0. The highest BCUT2D eigenvalue weighted by molar-refractivity contribution is 6.03. The van der Waals surface area contributed by atoms with E-state index in [4.69, 9.17) is 0 Å². The van der Waals surface area contributed by atoms with Crippen molar-refractivity contribution < 1.29 is 23.1 Å². The first-order chi connectivity index (χ1) is 8.58. The average molecular weight is 254 g/mol. The van der Waals surface area contributed by atoms with Gasteiger partial charge >= 0.3 is 6.61 Å². The van der Waals surface area contributed by atoms with E-state index in [1.807, 2.05) is 0 Å². The first kappa shape index (κ1) is 12.7. The number of hydrogen-bond donors (Lipinski definition) is 0. The fraction of sp³-hybridized carbons (Fsp3) is 0.385. The molecule has 0 heterocycles. The van der Waals surface area contributed by atoms with Crippen LogP contribution in [0.2, 0.25) is 0 Å². The predicted molar refractivity (Wildman–Crippen MR) is 59.8 cm³/mol. The molecule has 1 aliphatic carbocycles. The summed E-state index contributed by atoms with van der Waals surface area (Å²) in [7, 11) is 0. The molecule has 5 heteroatoms. The zero-order valence-electron chi connectivity index (χ0n) is 9.57. The molecule has 0 N–H and O–H groups in total. The van der Waals surface area contributed by atoms with E-state index in [1.54, 1.807) is 6.07 Å². The molecule has 3 nitrogen and oxygen atoms in total. The summed E-state index contributed by atoms with van der Waals surface area (Å²) in [6.45, 7) is -2.97. The lowest BCUT2D eigenvalue weighted by atomic mass is 9.95. The second kappa shape index (κ2) is 5.25. The normalized spacial score (nSPS) is 19.3. The van der Waals surface area contributed by atoms with E-state index in [-0.39, 0.29) is 29.3 Å². The topological polar surface area (TPSA) is 43.4 Å². The number of ketones is 2. The van der Waals surface area contributed by atoms with E-state index in [0.29, 0.717) is 12.8 Å². The molecule has 0 aromatic heterocycles. The van der Waals surface area contributed by atoms with Crippen LogP contribution in [0.1, 0.15) is 29.6 Å². The number of Topliss-reactive ketones (excluding diaryl/α,β-unsaturated/α-hetero) is 2. The average Bonchev–Trinajstić information content (AvgIpc) is 2.75. The van der Waals surface area contributed by atoms with E-state index >= 15 is 0 Å². The molecule has 1 aliphatic rings. The molecular formula is C13H12F2O3. The van der Waals surface area contributed by atoms with Gasteiger partial charge in [-0.2, -0.15) is 8.78 Å². The Balaban J connectivity index is 2.21. The van der Waals surface area contributed by atoms with Crippen molar-refractivity contribution in [3.05, 3.63) is 29.8 Å². The highest BCUT2D eigenvalue weighted by Crippen LogP contribution is 2.30. The minimum absolute atomic E-state index is 0.0422. The van der Waals surface area contributed by atoms with Crippen LogP contribution in [0.3, 0.4) is 0 Å². The summed E-state index contributed by atoms with van der Waals surface area (Å²) < 4.78 is 28.7. The smallest absolute Gasteiger partial charge is 0.387 e. The van der Waals surface area contributed by atoms with Crippen molar-refractivity contribution in [1.82, 2.24) is 0 Å². The Bertz CT molecular complexity index is 471. The number of para-hydroxylation sites is 1. The Morgan fingerprint density at radius 2 is 2.06 bits per heavy atom. The fourth-order valence-electron chi connectivity index (χ4n) is 2.13. The Hall–Kier alpha value is -1.78. The monoisotopic (exact) mass is 254 g/mol. The Kier molecular flexibility index (Phi) is 3.69. The molecule has 1 saturated carbocycles. The van der Waals surface area contributed by atoms with Gasteiger partial charge in [0.1, 0.15) is 11.5 Å². The van der Waals surface area contributed by atoms with Gasteiger partial charge in [0.25, 0.3) is 0 Å². The molecular weight excluding hydrogens is 242 g/mol. The molecule has 1 aromatic rings. The summed E-state index contributed by atoms with van der Waals surface area (Å²) in [4.78, 5) is 23.3. The van der Waals surface area contributed by atoms with E-state index < -0.39 is 12.5 Å². The van der Waals surface area contributed by atoms with Gasteiger partial charge in [-0.25, -0.2) is 0 Å². The van der Waals surface area contributed by atoms with Gasteiger partial charge < -0.3 is 4.74 Å². The van der Waals surface area contributed by atoms with Gasteiger partial charge in [0.05, 0.1) is 5.56 Å². The van der Waals surface area contributed by atoms with Crippen LogP contribution < -0.4 is 4.74 Å². The number of halogens is 2. The van der Waals surface area contributed by atoms with Crippen LogP contribution in [0.5, 0.6) is 5.75 Å². The van der Waals surface area contributed by atoms with Gasteiger partial charge in [0.2, 0.25) is 0 Å². The Labute approximate surface area is 103 Å². The largest absolute Gasteiger partial charge is 0.434 e. The third-order valence-corrected chi connectivity index (χ3v) is 2.99. The van der Waals surface area contributed by atoms with Crippen molar-refractivity contribution >= 4 is 11.6 Å². The molecule has 1 aromatic carbocycles. The Morgan fingerprint density at radius 1 is 1.33 bits per heavy atom. The zero-order valence-corrected chi connectivity index (χ0v) is 9.57. The van der Waals surface area contributed by atoms with Crippen LogP contribution in [-0.4, -0.2) is 18.2 Å². The quantitative estimate of drug-likeness (QED) is 0.776. The minimum Gasteiger partial charge on any atom is -0.434 e. The molecule has 0 saturated heterocycles. The maximum atomic E-state index is 12.2. The van der Waals surface area contributed by atoms with Crippen LogP contribution in [0, 0.1) is 5.92 Å². The van der Waals surface area contributed by atoms with Crippen LogP contribution in [0.25, 0.3) is 0 Å². The van der Waals surface area contributed by atoms with Gasteiger partial charge in [-0.05, 0) is 18.6 Å². The fourth-order valence-corrected chi connectivity index (χ4v) is 2.13. The van der Waals surface area contributed by atoms with Gasteiger partial charge in [-0.3, -0.25) is 9.59 Å². The lowest BCUT2D eigenvalue weighted by Gasteiger charge is -2.12. The van der Waals surface area contributed by atoms with Crippen molar-refractivity contribution in [2.75, 3.05) is 0 Å². The molecule has 0 amide bonds. The highest BCUT2D eigenvalue weighted by atomic mass is 19.3. The van der Waals surface area contributed by atoms with Gasteiger partial charge in [0, 0.05) is 18.8 Å². The molecule has 0 bridgehead atoms. The van der Waals surface area contributed by atoms with Crippen LogP contribution in [0.15, 0.2) is 24.3 Å². The van der Waals surface area contributed by atoms with Crippen molar-refractivity contribution in [2.24, 2.45) is 5.92 Å². The number of hydrogen-bond acceptors (Lipinski definition) is 3. The van der Waals surface area contributed by atoms with Crippen LogP contribution >= 0.6 is 0 Å². The zero-order chi connectivity index (χ0) is 13.1. The molecule has 96 valence electrons. The molecule has 0 aliphatic heterocycles. The first-order valence-electron chi connectivity index (χ1n) is 5.67. The van der Waals surface area contributed by atoms with Gasteiger partial charge in [-0.1, -0.05) is 12.1 Å². The lowest BCUT2D eigenvalue weighted by Crippen LogP contribution is -2.14. The molecule has 0 spiro atoms. The van der Waals surface area contributed by atoms with Crippen LogP contribution in [-0.2, 0) is 4.79 Å². The molecule has 1 atom stereocenters. The van der Waals surface area contributed by atoms with Crippen LogP contribution in [0.4, 0.5) is 8.78 Å². The molecule has 0 radical (unpaired) electrons. The SMILES string of the molecule is O=C1CCC(C(=O)c2ccccc2OC(F)F)C1. The van der Waals surface area contributed by atoms with E-state index in [0.717, 1.165) is 0 Å². The number of carbonyl (C=O) groups is 2. The second-order valence-electron chi connectivity index (χ2n) is 4.22. The summed E-state index contributed by atoms with van der Waals surface area (Å²) in [5.41, 5.74) is 0.123. The molecule has 1 unspecified atom stereocenters. The van der Waals surface area contributed by atoms with E-state index in [2.05, 4.69) is 4.74 Å². The maximum Gasteiger partial charge on any atom is 0.387 e. The van der Waals surface area contributed by atoms with Crippen molar-refractivity contribution in [3.63, 3.8) is 0 Å². The number of ether oxygens (including phenoxy) is 1. The van der Waals surface area contributed by atoms with Crippen molar-refractivity contribution in [2.45, 2.75) is 25.9 Å². The summed E-state index contributed by atoms with van der Waals surface area (Å²) in [6.07, 6.45) is 1.07. The number of rotatable bonds is 4. The second-order valence-corrected chi connectivity index (χ2v) is 4.22. The molecule has 2 rings (SSSR count). The van der Waals surface area contributed by atoms with Gasteiger partial charge in [-0.15, -0.1) is 0 Å². The number of carbonyl (C=O) groups excluding carboxylic acids is 2.